The van der Waals surface area contributed by atoms with Gasteiger partial charge in [-0.2, -0.15) is 4.91 Å². The van der Waals surface area contributed by atoms with Gasteiger partial charge in [-0.3, -0.25) is 14.4 Å². The second-order valence-electron chi connectivity index (χ2n) is 15.9. The number of terminal acetylenes is 1. The first-order valence-corrected chi connectivity index (χ1v) is 20.7. The van der Waals surface area contributed by atoms with Crippen molar-refractivity contribution in [1.82, 2.24) is 20.5 Å². The van der Waals surface area contributed by atoms with Crippen LogP contribution in [0.5, 0.6) is 0 Å². The highest BCUT2D eigenvalue weighted by Gasteiger charge is 2.55. The predicted octanol–water partition coefficient (Wildman–Crippen LogP) is 7.98. The number of hydrogen-bond donors (Lipinski definition) is 4. The highest BCUT2D eigenvalue weighted by Crippen LogP contribution is 2.48. The molecule has 316 valence electrons. The number of aliphatic hydroxyl groups excluding tert-OH is 1. The van der Waals surface area contributed by atoms with Crippen LogP contribution in [0.25, 0.3) is 10.4 Å². The summed E-state index contributed by atoms with van der Waals surface area (Å²) in [6.07, 6.45) is 25.1. The number of rotatable bonds is 10. The van der Waals surface area contributed by atoms with E-state index in [1.807, 2.05) is 13.3 Å². The molecule has 0 aromatic carbocycles. The van der Waals surface area contributed by atoms with Crippen molar-refractivity contribution in [2.24, 2.45) is 28.2 Å². The Kier molecular flexibility index (Phi) is 20.9. The molecule has 0 aromatic heterocycles. The van der Waals surface area contributed by atoms with E-state index in [1.54, 1.807) is 18.9 Å². The lowest BCUT2D eigenvalue weighted by molar-refractivity contribution is -0.131. The molecule has 14 heteroatoms. The number of hydrogen-bond acceptors (Lipinski definition) is 8. The molecule has 2 heterocycles. The zero-order chi connectivity index (χ0) is 43.7. The Labute approximate surface area is 346 Å². The number of thioether (sulfide) groups is 1. The first kappa shape index (κ1) is 50.4. The minimum absolute atomic E-state index is 0.0207. The van der Waals surface area contributed by atoms with Crippen molar-refractivity contribution in [2.75, 3.05) is 20.4 Å². The number of likely N-dealkylation sites (N-methyl/N-ethyl adjacent to an activating group) is 2. The molecule has 7 unspecified atom stereocenters. The van der Waals surface area contributed by atoms with Gasteiger partial charge in [0.2, 0.25) is 17.7 Å². The maximum atomic E-state index is 13.3. The molecule has 0 saturated carbocycles. The van der Waals surface area contributed by atoms with E-state index >= 15 is 0 Å². The first-order valence-electron chi connectivity index (χ1n) is 19.4. The monoisotopic (exact) mass is 809 g/mol. The number of ether oxygens (including phenoxy) is 1. The quantitative estimate of drug-likeness (QED) is 0.0197. The van der Waals surface area contributed by atoms with Crippen molar-refractivity contribution in [3.63, 3.8) is 0 Å². The fraction of sp³-hybridized carbons (Fsp3) is 0.605. The van der Waals surface area contributed by atoms with Gasteiger partial charge in [-0.25, -0.2) is 5.43 Å². The van der Waals surface area contributed by atoms with Crippen LogP contribution in [0.1, 0.15) is 99.8 Å². The van der Waals surface area contributed by atoms with Crippen LogP contribution < -0.4 is 16.5 Å². The molecule has 2 bridgehead atoms. The zero-order valence-electron chi connectivity index (χ0n) is 35.9. The van der Waals surface area contributed by atoms with Crippen molar-refractivity contribution in [3.8, 4) is 12.8 Å². The Hall–Kier alpha value is -4.57. The smallest absolute Gasteiger partial charge is 0.243 e. The Morgan fingerprint density at radius 3 is 2.53 bits per heavy atom. The largest absolute Gasteiger partial charge is 0.511 e. The second-order valence-corrected chi connectivity index (χ2v) is 17.0. The number of allylic oxidation sites excluding steroid dienone is 5. The Morgan fingerprint density at radius 2 is 1.95 bits per heavy atom. The van der Waals surface area contributed by atoms with Crippen LogP contribution >= 0.6 is 11.8 Å². The molecule has 0 spiro atoms. The van der Waals surface area contributed by atoms with Gasteiger partial charge in [-0.05, 0) is 100 Å². The number of epoxide rings is 1. The summed E-state index contributed by atoms with van der Waals surface area (Å²) in [5.41, 5.74) is 20.8. The van der Waals surface area contributed by atoms with E-state index in [9.17, 15) is 19.5 Å². The van der Waals surface area contributed by atoms with E-state index in [0.717, 1.165) is 37.0 Å². The van der Waals surface area contributed by atoms with Gasteiger partial charge in [0.15, 0.2) is 0 Å². The summed E-state index contributed by atoms with van der Waals surface area (Å²) in [5, 5.41) is 15.5. The topological polar surface area (TPSA) is 189 Å². The molecule has 57 heavy (non-hydrogen) atoms. The maximum Gasteiger partial charge on any atom is 0.243 e. The Morgan fingerprint density at radius 1 is 1.30 bits per heavy atom. The maximum absolute atomic E-state index is 13.3. The molecule has 1 fully saturated rings. The van der Waals surface area contributed by atoms with Gasteiger partial charge in [0.25, 0.3) is 0 Å². The molecule has 3 amide bonds. The van der Waals surface area contributed by atoms with Gasteiger partial charge >= 0.3 is 0 Å². The number of nitrogens with two attached hydrogens (primary N) is 1. The van der Waals surface area contributed by atoms with Crippen LogP contribution in [0.2, 0.25) is 0 Å². The van der Waals surface area contributed by atoms with Gasteiger partial charge in [-0.1, -0.05) is 63.8 Å². The summed E-state index contributed by atoms with van der Waals surface area (Å²) in [7, 11) is 3.45. The van der Waals surface area contributed by atoms with Crippen LogP contribution in [0.3, 0.4) is 0 Å². The van der Waals surface area contributed by atoms with Gasteiger partial charge in [0, 0.05) is 39.4 Å². The van der Waals surface area contributed by atoms with Crippen molar-refractivity contribution >= 4 is 29.5 Å². The van der Waals surface area contributed by atoms with E-state index < -0.39 is 6.04 Å². The summed E-state index contributed by atoms with van der Waals surface area (Å²) < 4.78 is 6.19. The lowest BCUT2D eigenvalue weighted by atomic mass is 9.74. The third-order valence-electron chi connectivity index (χ3n) is 11.2. The van der Waals surface area contributed by atoms with Gasteiger partial charge in [0.1, 0.15) is 11.1 Å². The summed E-state index contributed by atoms with van der Waals surface area (Å²) >= 11 is 1.46. The standard InChI is InChI=1S/C31H47N3O3.C10H19N5O2S.C2H2/c1-9-26(35)33-24-13-11-10-12-20(2)17-30(6)18-22(4)28(32)25(19-30)34(8)27(36)14-15-31(7)29(37-31)23(5)21(3)16-24;1-7(8(2)16)15(3)10(17)6-5-9(18-4)12-14-13-11;1-2/h9-12,19,21,23-24,29H,1,13-18,32H2,2-8H3,(H,33,35);7,9,12,16H,2,5-6H2,1,3-4H3;1-2H/b11-10+,20-12+;;/t21?,23-,24?,29?,30?,31?;;/m1../s1. The number of aliphatic hydroxyl groups is 1. The lowest BCUT2D eigenvalue weighted by Gasteiger charge is -2.36. The normalized spacial score (nSPS) is 28.9. The molecule has 2 aliphatic heterocycles. The third kappa shape index (κ3) is 15.7. The summed E-state index contributed by atoms with van der Waals surface area (Å²) in [6, 6.07) is -0.386. The average Bonchev–Trinajstić information content (AvgIpc) is 3.86. The molecule has 3 aliphatic rings. The van der Waals surface area contributed by atoms with Crippen LogP contribution in [0.15, 0.2) is 77.1 Å². The number of azide groups is 1. The Balaban J connectivity index is 0.000000685. The molecule has 5 N–H and O–H groups in total. The van der Waals surface area contributed by atoms with Crippen molar-refractivity contribution in [1.29, 1.82) is 0 Å². The molecule has 0 aromatic rings. The number of nitrogens with zero attached hydrogens (tertiary/aromatic N) is 5. The minimum atomic E-state index is -0.407. The van der Waals surface area contributed by atoms with Crippen molar-refractivity contribution < 1.29 is 24.2 Å². The SMILES string of the molecule is C#C.C=C(O)C(C)N(C)C(=O)CCC(NN=[N+]=[N-])SC.C=CC(=O)NC1C/C=C/C=C(\C)CC2(C)C=C(C(N)=C(C)C2)N(C)C(=O)CCC2(C)OC2[C@H](C)C(C)C1. The molecular weight excluding hydrogens is 741 g/mol. The Bertz CT molecular complexity index is 1630. The molecule has 1 saturated heterocycles. The summed E-state index contributed by atoms with van der Waals surface area (Å²) in [6.45, 7) is 21.7. The molecule has 3 rings (SSSR count). The van der Waals surface area contributed by atoms with Crippen molar-refractivity contribution in [2.45, 2.75) is 129 Å². The highest BCUT2D eigenvalue weighted by molar-refractivity contribution is 7.99. The van der Waals surface area contributed by atoms with Crippen LogP contribution in [-0.4, -0.2) is 82.1 Å². The van der Waals surface area contributed by atoms with Crippen LogP contribution in [0.4, 0.5) is 0 Å². The highest BCUT2D eigenvalue weighted by atomic mass is 32.2. The fourth-order valence-corrected chi connectivity index (χ4v) is 7.86. The summed E-state index contributed by atoms with van der Waals surface area (Å²) in [4.78, 5) is 43.0. The predicted molar refractivity (Wildman–Crippen MR) is 233 cm³/mol. The third-order valence-corrected chi connectivity index (χ3v) is 12.1. The average molecular weight is 809 g/mol. The van der Waals surface area contributed by atoms with E-state index in [4.69, 9.17) is 16.0 Å². The fourth-order valence-electron chi connectivity index (χ4n) is 7.35. The van der Waals surface area contributed by atoms with Crippen LogP contribution in [-0.2, 0) is 19.1 Å². The molecule has 13 nitrogen and oxygen atoms in total. The van der Waals surface area contributed by atoms with Gasteiger partial charge in [-0.15, -0.1) is 30.1 Å². The number of carbonyl (C=O) groups is 3. The molecule has 8 atom stereocenters. The second kappa shape index (κ2) is 23.6. The first-order chi connectivity index (χ1) is 26.7. The number of carbonyl (C=O) groups excluding carboxylic acids is 3. The minimum Gasteiger partial charge on any atom is -0.511 e. The van der Waals surface area contributed by atoms with Gasteiger partial charge < -0.3 is 30.7 Å². The van der Waals surface area contributed by atoms with E-state index in [0.29, 0.717) is 43.2 Å². The zero-order valence-corrected chi connectivity index (χ0v) is 36.7. The molecule has 1 aliphatic carbocycles. The van der Waals surface area contributed by atoms with E-state index in [1.165, 1.54) is 28.3 Å². The number of nitrogens with one attached hydrogen (secondary N) is 2. The summed E-state index contributed by atoms with van der Waals surface area (Å²) in [5.74, 6) is 0.415. The molecular formula is C43H68N8O5S. The van der Waals surface area contributed by atoms with Crippen LogP contribution in [0, 0.1) is 30.1 Å². The van der Waals surface area contributed by atoms with E-state index in [2.05, 4.69) is 113 Å². The number of fused-ring (bicyclic) bond motifs is 2. The molecule has 0 radical (unpaired) electrons. The van der Waals surface area contributed by atoms with Gasteiger partial charge in [0.05, 0.1) is 29.1 Å². The van der Waals surface area contributed by atoms with E-state index in [-0.39, 0.29) is 52.0 Å². The lowest BCUT2D eigenvalue weighted by Crippen LogP contribution is -2.36. The van der Waals surface area contributed by atoms with Crippen molar-refractivity contribution in [3.05, 3.63) is 82.3 Å². The number of amides is 3.